The first kappa shape index (κ1) is 20.3. The number of carbonyl (C=O) groups is 2. The second-order valence-corrected chi connectivity index (χ2v) is 5.82. The number of halogens is 3. The van der Waals surface area contributed by atoms with E-state index in [1.165, 1.54) is 14.0 Å². The SMILES string of the molecule is COc1ccc(C)cc1C(=O)O[C@H](C)C(=O)Nc1ccc(C(F)(F)F)cc1. The number of rotatable bonds is 5. The molecule has 0 radical (unpaired) electrons. The Bertz CT molecular complexity index is 832. The van der Waals surface area contributed by atoms with Gasteiger partial charge in [-0.15, -0.1) is 0 Å². The fourth-order valence-electron chi connectivity index (χ4n) is 2.25. The van der Waals surface area contributed by atoms with E-state index in [2.05, 4.69) is 5.32 Å². The number of anilines is 1. The summed E-state index contributed by atoms with van der Waals surface area (Å²) in [4.78, 5) is 24.4. The summed E-state index contributed by atoms with van der Waals surface area (Å²) in [5, 5.41) is 2.40. The van der Waals surface area contributed by atoms with Crippen molar-refractivity contribution in [1.82, 2.24) is 0 Å². The van der Waals surface area contributed by atoms with E-state index in [9.17, 15) is 22.8 Å². The van der Waals surface area contributed by atoms with Crippen LogP contribution < -0.4 is 10.1 Å². The van der Waals surface area contributed by atoms with Crippen molar-refractivity contribution in [2.24, 2.45) is 0 Å². The van der Waals surface area contributed by atoms with E-state index in [-0.39, 0.29) is 11.3 Å². The summed E-state index contributed by atoms with van der Waals surface area (Å²) in [5.41, 5.74) is 0.312. The number of aryl methyl sites for hydroxylation is 1. The van der Waals surface area contributed by atoms with Crippen molar-refractivity contribution < 1.29 is 32.2 Å². The summed E-state index contributed by atoms with van der Waals surface area (Å²) in [6.07, 6.45) is -5.62. The molecule has 0 heterocycles. The number of carbonyl (C=O) groups excluding carboxylic acids is 2. The Labute approximate surface area is 154 Å². The molecule has 0 aliphatic rings. The van der Waals surface area contributed by atoms with Crippen LogP contribution in [0, 0.1) is 6.92 Å². The highest BCUT2D eigenvalue weighted by Gasteiger charge is 2.30. The minimum atomic E-state index is -4.46. The van der Waals surface area contributed by atoms with Crippen molar-refractivity contribution in [1.29, 1.82) is 0 Å². The Balaban J connectivity index is 2.03. The molecule has 2 rings (SSSR count). The standard InChI is InChI=1S/C19H18F3NO4/c1-11-4-9-16(26-3)15(10-11)18(25)27-12(2)17(24)23-14-7-5-13(6-8-14)19(20,21)22/h4-10,12H,1-3H3,(H,23,24)/t12-/m1/s1. The largest absolute Gasteiger partial charge is 0.496 e. The minimum Gasteiger partial charge on any atom is -0.496 e. The first-order valence-corrected chi connectivity index (χ1v) is 7.95. The minimum absolute atomic E-state index is 0.157. The maximum atomic E-state index is 12.6. The van der Waals surface area contributed by atoms with Gasteiger partial charge in [-0.05, 0) is 50.2 Å². The highest BCUT2D eigenvalue weighted by atomic mass is 19.4. The molecule has 27 heavy (non-hydrogen) atoms. The molecule has 2 aromatic carbocycles. The Morgan fingerprint density at radius 1 is 1.07 bits per heavy atom. The summed E-state index contributed by atoms with van der Waals surface area (Å²) in [7, 11) is 1.40. The molecule has 1 atom stereocenters. The Morgan fingerprint density at radius 3 is 2.26 bits per heavy atom. The van der Waals surface area contributed by atoms with E-state index in [1.54, 1.807) is 25.1 Å². The number of alkyl halides is 3. The van der Waals surface area contributed by atoms with E-state index in [4.69, 9.17) is 9.47 Å². The maximum absolute atomic E-state index is 12.6. The fourth-order valence-corrected chi connectivity index (χ4v) is 2.25. The zero-order valence-electron chi connectivity index (χ0n) is 14.9. The van der Waals surface area contributed by atoms with Crippen molar-refractivity contribution in [3.63, 3.8) is 0 Å². The van der Waals surface area contributed by atoms with E-state index in [0.29, 0.717) is 5.75 Å². The predicted octanol–water partition coefficient (Wildman–Crippen LogP) is 4.21. The monoisotopic (exact) mass is 381 g/mol. The lowest BCUT2D eigenvalue weighted by atomic mass is 10.1. The second kappa shape index (κ2) is 8.11. The second-order valence-electron chi connectivity index (χ2n) is 5.82. The number of benzene rings is 2. The molecule has 1 N–H and O–H groups in total. The molecule has 0 unspecified atom stereocenters. The Morgan fingerprint density at radius 2 is 1.70 bits per heavy atom. The third-order valence-corrected chi connectivity index (χ3v) is 3.71. The van der Waals surface area contributed by atoms with E-state index in [0.717, 1.165) is 29.8 Å². The summed E-state index contributed by atoms with van der Waals surface area (Å²) in [5.74, 6) is -1.11. The highest BCUT2D eigenvalue weighted by Crippen LogP contribution is 2.29. The van der Waals surface area contributed by atoms with Crippen LogP contribution in [0.4, 0.5) is 18.9 Å². The van der Waals surface area contributed by atoms with Crippen molar-refractivity contribution in [2.45, 2.75) is 26.1 Å². The van der Waals surface area contributed by atoms with Gasteiger partial charge in [0.05, 0.1) is 12.7 Å². The van der Waals surface area contributed by atoms with Crippen molar-refractivity contribution in [3.05, 3.63) is 59.2 Å². The first-order chi connectivity index (χ1) is 12.6. The van der Waals surface area contributed by atoms with Crippen LogP contribution in [0.2, 0.25) is 0 Å². The predicted molar refractivity (Wildman–Crippen MR) is 92.7 cm³/mol. The van der Waals surface area contributed by atoms with Crippen LogP contribution in [-0.4, -0.2) is 25.1 Å². The van der Waals surface area contributed by atoms with Gasteiger partial charge in [0, 0.05) is 5.69 Å². The van der Waals surface area contributed by atoms with Gasteiger partial charge in [0.2, 0.25) is 0 Å². The van der Waals surface area contributed by atoms with Gasteiger partial charge in [-0.2, -0.15) is 13.2 Å². The molecular weight excluding hydrogens is 363 g/mol. The lowest BCUT2D eigenvalue weighted by Crippen LogP contribution is -2.30. The quantitative estimate of drug-likeness (QED) is 0.789. The lowest BCUT2D eigenvalue weighted by Gasteiger charge is -2.15. The lowest BCUT2D eigenvalue weighted by molar-refractivity contribution is -0.137. The normalized spacial score (nSPS) is 12.2. The molecule has 0 saturated heterocycles. The molecule has 0 spiro atoms. The molecule has 0 saturated carbocycles. The van der Waals surface area contributed by atoms with Gasteiger partial charge in [0.15, 0.2) is 6.10 Å². The van der Waals surface area contributed by atoms with Crippen molar-refractivity contribution in [3.8, 4) is 5.75 Å². The summed E-state index contributed by atoms with van der Waals surface area (Å²) >= 11 is 0. The van der Waals surface area contributed by atoms with Crippen LogP contribution >= 0.6 is 0 Å². The highest BCUT2D eigenvalue weighted by molar-refractivity contribution is 5.98. The van der Waals surface area contributed by atoms with E-state index >= 15 is 0 Å². The molecule has 0 aromatic heterocycles. The molecule has 144 valence electrons. The van der Waals surface area contributed by atoms with Gasteiger partial charge in [0.1, 0.15) is 11.3 Å². The fraction of sp³-hybridized carbons (Fsp3) is 0.263. The third-order valence-electron chi connectivity index (χ3n) is 3.71. The van der Waals surface area contributed by atoms with E-state index in [1.807, 2.05) is 0 Å². The zero-order chi connectivity index (χ0) is 20.2. The number of amides is 1. The van der Waals surface area contributed by atoms with Gasteiger partial charge in [-0.1, -0.05) is 11.6 Å². The molecule has 2 aromatic rings. The van der Waals surface area contributed by atoms with Gasteiger partial charge in [-0.3, -0.25) is 4.79 Å². The molecule has 5 nitrogen and oxygen atoms in total. The maximum Gasteiger partial charge on any atom is 0.416 e. The number of hydrogen-bond donors (Lipinski definition) is 1. The molecule has 0 bridgehead atoms. The van der Waals surface area contributed by atoms with Crippen molar-refractivity contribution in [2.75, 3.05) is 12.4 Å². The smallest absolute Gasteiger partial charge is 0.416 e. The number of hydrogen-bond acceptors (Lipinski definition) is 4. The van der Waals surface area contributed by atoms with Crippen LogP contribution in [-0.2, 0) is 15.7 Å². The number of esters is 1. The number of methoxy groups -OCH3 is 1. The molecule has 0 aliphatic heterocycles. The number of nitrogens with one attached hydrogen (secondary N) is 1. The molecule has 8 heteroatoms. The average Bonchev–Trinajstić information content (AvgIpc) is 2.61. The molecule has 0 aliphatic carbocycles. The van der Waals surface area contributed by atoms with Crippen LogP contribution in [0.5, 0.6) is 5.75 Å². The van der Waals surface area contributed by atoms with Crippen LogP contribution in [0.1, 0.15) is 28.4 Å². The summed E-state index contributed by atoms with van der Waals surface area (Å²) < 4.78 is 47.9. The topological polar surface area (TPSA) is 64.6 Å². The summed E-state index contributed by atoms with van der Waals surface area (Å²) in [6, 6.07) is 8.89. The van der Waals surface area contributed by atoms with Gasteiger partial charge in [-0.25, -0.2) is 4.79 Å². The van der Waals surface area contributed by atoms with Gasteiger partial charge >= 0.3 is 12.1 Å². The first-order valence-electron chi connectivity index (χ1n) is 7.95. The van der Waals surface area contributed by atoms with Gasteiger partial charge in [0.25, 0.3) is 5.91 Å². The van der Waals surface area contributed by atoms with Gasteiger partial charge < -0.3 is 14.8 Å². The van der Waals surface area contributed by atoms with Crippen LogP contribution in [0.15, 0.2) is 42.5 Å². The average molecular weight is 381 g/mol. The van der Waals surface area contributed by atoms with Crippen LogP contribution in [0.25, 0.3) is 0 Å². The summed E-state index contributed by atoms with van der Waals surface area (Å²) in [6.45, 7) is 3.15. The van der Waals surface area contributed by atoms with Crippen LogP contribution in [0.3, 0.4) is 0 Å². The Kier molecular flexibility index (Phi) is 6.09. The molecule has 0 fully saturated rings. The molecule has 1 amide bonds. The van der Waals surface area contributed by atoms with E-state index < -0.39 is 29.7 Å². The molecular formula is C19H18F3NO4. The Hall–Kier alpha value is -3.03. The van der Waals surface area contributed by atoms with Crippen molar-refractivity contribution >= 4 is 17.6 Å². The zero-order valence-corrected chi connectivity index (χ0v) is 14.9. The third kappa shape index (κ3) is 5.22. The number of ether oxygens (including phenoxy) is 2.